The molecule has 0 spiro atoms. The highest BCUT2D eigenvalue weighted by Crippen LogP contribution is 2.19. The van der Waals surface area contributed by atoms with Crippen LogP contribution in [-0.4, -0.2) is 55.7 Å². The second kappa shape index (κ2) is 5.56. The van der Waals surface area contributed by atoms with Gasteiger partial charge in [-0.25, -0.2) is 4.79 Å². The summed E-state index contributed by atoms with van der Waals surface area (Å²) in [6.07, 6.45) is 1.41. The molecule has 0 aromatic heterocycles. The van der Waals surface area contributed by atoms with Gasteiger partial charge < -0.3 is 20.3 Å². The van der Waals surface area contributed by atoms with Crippen molar-refractivity contribution in [3.63, 3.8) is 0 Å². The molecule has 6 nitrogen and oxygen atoms in total. The third-order valence-corrected chi connectivity index (χ3v) is 3.81. The summed E-state index contributed by atoms with van der Waals surface area (Å²) in [4.78, 5) is 25.2. The van der Waals surface area contributed by atoms with Crippen molar-refractivity contribution in [2.45, 2.75) is 31.8 Å². The zero-order valence-electron chi connectivity index (χ0n) is 10.9. The number of carbonyl (C=O) groups is 2. The van der Waals surface area contributed by atoms with E-state index >= 15 is 0 Å². The van der Waals surface area contributed by atoms with Crippen LogP contribution in [0.5, 0.6) is 0 Å². The molecule has 0 aromatic rings. The predicted octanol–water partition coefficient (Wildman–Crippen LogP) is -0.0587. The van der Waals surface area contributed by atoms with Gasteiger partial charge in [-0.05, 0) is 25.3 Å². The fourth-order valence-electron chi connectivity index (χ4n) is 2.67. The lowest BCUT2D eigenvalue weighted by Crippen LogP contribution is -2.46. The number of likely N-dealkylation sites (tertiary alicyclic amines) is 1. The van der Waals surface area contributed by atoms with Gasteiger partial charge >= 0.3 is 6.09 Å². The van der Waals surface area contributed by atoms with Crippen LogP contribution in [0.4, 0.5) is 4.79 Å². The number of rotatable bonds is 2. The summed E-state index contributed by atoms with van der Waals surface area (Å²) in [6.45, 7) is 4.30. The first-order chi connectivity index (χ1) is 8.61. The lowest BCUT2D eigenvalue weighted by molar-refractivity contribution is -0.132. The van der Waals surface area contributed by atoms with E-state index in [1.165, 1.54) is 7.11 Å². The Balaban J connectivity index is 1.84. The molecule has 0 bridgehead atoms. The van der Waals surface area contributed by atoms with Crippen molar-refractivity contribution in [3.8, 4) is 0 Å². The van der Waals surface area contributed by atoms with Crippen LogP contribution < -0.4 is 10.6 Å². The molecule has 2 aliphatic rings. The van der Waals surface area contributed by atoms with E-state index in [1.807, 2.05) is 4.90 Å². The summed E-state index contributed by atoms with van der Waals surface area (Å²) >= 11 is 0. The average Bonchev–Trinajstić information content (AvgIpc) is 2.97. The van der Waals surface area contributed by atoms with Crippen molar-refractivity contribution >= 4 is 12.0 Å². The molecule has 2 fully saturated rings. The van der Waals surface area contributed by atoms with Gasteiger partial charge in [-0.3, -0.25) is 4.79 Å². The number of amides is 2. The summed E-state index contributed by atoms with van der Waals surface area (Å²) in [5.41, 5.74) is 0. The first-order valence-corrected chi connectivity index (χ1v) is 6.48. The van der Waals surface area contributed by atoms with Gasteiger partial charge in [0.1, 0.15) is 0 Å². The molecule has 2 amide bonds. The Bertz CT molecular complexity index is 335. The molecule has 2 saturated heterocycles. The molecule has 0 aliphatic carbocycles. The van der Waals surface area contributed by atoms with Crippen LogP contribution in [-0.2, 0) is 9.53 Å². The van der Waals surface area contributed by atoms with E-state index in [9.17, 15) is 9.59 Å². The Morgan fingerprint density at radius 3 is 2.78 bits per heavy atom. The average molecular weight is 255 g/mol. The lowest BCUT2D eigenvalue weighted by atomic mass is 10.0. The van der Waals surface area contributed by atoms with Gasteiger partial charge in [0.05, 0.1) is 19.2 Å². The maximum absolute atomic E-state index is 12.3. The Morgan fingerprint density at radius 2 is 2.17 bits per heavy atom. The van der Waals surface area contributed by atoms with Crippen LogP contribution >= 0.6 is 0 Å². The van der Waals surface area contributed by atoms with E-state index in [2.05, 4.69) is 22.3 Å². The van der Waals surface area contributed by atoms with E-state index < -0.39 is 6.09 Å². The summed E-state index contributed by atoms with van der Waals surface area (Å²) in [5, 5.41) is 5.99. The van der Waals surface area contributed by atoms with Crippen LogP contribution in [0, 0.1) is 5.92 Å². The van der Waals surface area contributed by atoms with E-state index in [4.69, 9.17) is 0 Å². The Labute approximate surface area is 107 Å². The second-order valence-corrected chi connectivity index (χ2v) is 5.10. The van der Waals surface area contributed by atoms with Gasteiger partial charge in [-0.2, -0.15) is 0 Å². The largest absolute Gasteiger partial charge is 0.453 e. The van der Waals surface area contributed by atoms with E-state index in [0.29, 0.717) is 19.0 Å². The monoisotopic (exact) mass is 255 g/mol. The van der Waals surface area contributed by atoms with Gasteiger partial charge in [0.25, 0.3) is 0 Å². The molecule has 2 N–H and O–H groups in total. The molecule has 0 aromatic carbocycles. The topological polar surface area (TPSA) is 70.7 Å². The van der Waals surface area contributed by atoms with Crippen LogP contribution in [0.3, 0.4) is 0 Å². The van der Waals surface area contributed by atoms with Crippen molar-refractivity contribution < 1.29 is 14.3 Å². The highest BCUT2D eigenvalue weighted by atomic mass is 16.5. The van der Waals surface area contributed by atoms with Gasteiger partial charge in [-0.15, -0.1) is 0 Å². The third-order valence-electron chi connectivity index (χ3n) is 3.81. The molecule has 2 heterocycles. The summed E-state index contributed by atoms with van der Waals surface area (Å²) in [7, 11) is 1.34. The smallest absolute Gasteiger partial charge is 0.407 e. The zero-order valence-corrected chi connectivity index (χ0v) is 10.9. The molecule has 3 unspecified atom stereocenters. The van der Waals surface area contributed by atoms with Crippen LogP contribution in [0.15, 0.2) is 0 Å². The summed E-state index contributed by atoms with van der Waals surface area (Å²) in [6, 6.07) is -0.0417. The standard InChI is InChI=1S/C12H21N3O3/c1-8-3-5-13-10(8)11(16)15-6-4-9(7-15)14-12(17)18-2/h8-10,13H,3-7H2,1-2H3,(H,14,17). The fourth-order valence-corrected chi connectivity index (χ4v) is 2.67. The van der Waals surface area contributed by atoms with E-state index in [-0.39, 0.29) is 18.0 Å². The maximum Gasteiger partial charge on any atom is 0.407 e. The van der Waals surface area contributed by atoms with Crippen molar-refractivity contribution in [1.82, 2.24) is 15.5 Å². The molecular formula is C12H21N3O3. The van der Waals surface area contributed by atoms with E-state index in [0.717, 1.165) is 19.4 Å². The van der Waals surface area contributed by atoms with Gasteiger partial charge in [0.2, 0.25) is 5.91 Å². The molecular weight excluding hydrogens is 234 g/mol. The molecule has 3 atom stereocenters. The predicted molar refractivity (Wildman–Crippen MR) is 66.1 cm³/mol. The number of methoxy groups -OCH3 is 1. The number of hydrogen-bond acceptors (Lipinski definition) is 4. The Morgan fingerprint density at radius 1 is 1.39 bits per heavy atom. The number of nitrogens with one attached hydrogen (secondary N) is 2. The Kier molecular flexibility index (Phi) is 4.06. The van der Waals surface area contributed by atoms with Crippen molar-refractivity contribution in [3.05, 3.63) is 0 Å². The lowest BCUT2D eigenvalue weighted by Gasteiger charge is -2.23. The zero-order chi connectivity index (χ0) is 13.1. The summed E-state index contributed by atoms with van der Waals surface area (Å²) in [5.74, 6) is 0.555. The molecule has 2 rings (SSSR count). The second-order valence-electron chi connectivity index (χ2n) is 5.10. The van der Waals surface area contributed by atoms with Crippen molar-refractivity contribution in [2.24, 2.45) is 5.92 Å². The number of ether oxygens (including phenoxy) is 1. The SMILES string of the molecule is COC(=O)NC1CCN(C(=O)C2NCCC2C)C1. The first kappa shape index (κ1) is 13.1. The van der Waals surface area contributed by atoms with Crippen LogP contribution in [0.2, 0.25) is 0 Å². The van der Waals surface area contributed by atoms with Crippen LogP contribution in [0.25, 0.3) is 0 Å². The molecule has 6 heteroatoms. The molecule has 0 saturated carbocycles. The molecule has 102 valence electrons. The van der Waals surface area contributed by atoms with E-state index in [1.54, 1.807) is 0 Å². The van der Waals surface area contributed by atoms with Gasteiger partial charge in [0.15, 0.2) is 0 Å². The number of nitrogens with zero attached hydrogens (tertiary/aromatic N) is 1. The minimum absolute atomic E-state index is 0.0121. The normalized spacial score (nSPS) is 31.4. The van der Waals surface area contributed by atoms with Crippen LogP contribution in [0.1, 0.15) is 19.8 Å². The third kappa shape index (κ3) is 2.75. The first-order valence-electron chi connectivity index (χ1n) is 6.48. The van der Waals surface area contributed by atoms with Crippen molar-refractivity contribution in [2.75, 3.05) is 26.7 Å². The molecule has 18 heavy (non-hydrogen) atoms. The summed E-state index contributed by atoms with van der Waals surface area (Å²) < 4.78 is 4.56. The number of carbonyl (C=O) groups excluding carboxylic acids is 2. The minimum Gasteiger partial charge on any atom is -0.453 e. The molecule has 0 radical (unpaired) electrons. The number of hydrogen-bond donors (Lipinski definition) is 2. The highest BCUT2D eigenvalue weighted by molar-refractivity contribution is 5.83. The fraction of sp³-hybridized carbons (Fsp3) is 0.833. The number of alkyl carbamates (subject to hydrolysis) is 1. The van der Waals surface area contributed by atoms with Gasteiger partial charge in [-0.1, -0.05) is 6.92 Å². The van der Waals surface area contributed by atoms with Gasteiger partial charge in [0, 0.05) is 13.1 Å². The maximum atomic E-state index is 12.3. The van der Waals surface area contributed by atoms with Crippen molar-refractivity contribution in [1.29, 1.82) is 0 Å². The molecule has 2 aliphatic heterocycles. The minimum atomic E-state index is -0.429. The quantitative estimate of drug-likeness (QED) is 0.725. The Hall–Kier alpha value is -1.30. The highest BCUT2D eigenvalue weighted by Gasteiger charge is 2.36.